The maximum atomic E-state index is 13.6. The molecule has 3 nitrogen and oxygen atoms in total. The second kappa shape index (κ2) is 6.64. The Hall–Kier alpha value is -1.30. The van der Waals surface area contributed by atoms with E-state index in [4.69, 9.17) is 26.8 Å². The fourth-order valence-corrected chi connectivity index (χ4v) is 3.02. The van der Waals surface area contributed by atoms with Gasteiger partial charge >= 0.3 is 0 Å². The summed E-state index contributed by atoms with van der Waals surface area (Å²) in [6.07, 6.45) is 0. The first-order valence-electron chi connectivity index (χ1n) is 6.11. The third-order valence-electron chi connectivity index (χ3n) is 3.17. The molecule has 0 amide bonds. The van der Waals surface area contributed by atoms with E-state index in [9.17, 15) is 4.39 Å². The summed E-state index contributed by atoms with van der Waals surface area (Å²) >= 11 is 9.41. The van der Waals surface area contributed by atoms with Gasteiger partial charge in [0.05, 0.1) is 25.3 Å². The van der Waals surface area contributed by atoms with Gasteiger partial charge in [-0.1, -0.05) is 23.7 Å². The summed E-state index contributed by atoms with van der Waals surface area (Å²) in [5, 5.41) is 0.0130. The maximum absolute atomic E-state index is 13.6. The highest BCUT2D eigenvalue weighted by atomic mass is 79.9. The zero-order chi connectivity index (χ0) is 15.6. The van der Waals surface area contributed by atoms with Gasteiger partial charge in [0, 0.05) is 5.56 Å². The van der Waals surface area contributed by atoms with Crippen molar-refractivity contribution in [3.63, 3.8) is 0 Å². The molecule has 1 unspecified atom stereocenters. The fourth-order valence-electron chi connectivity index (χ4n) is 2.09. The van der Waals surface area contributed by atoms with Gasteiger partial charge in [-0.05, 0) is 39.7 Å². The Morgan fingerprint density at radius 1 is 1.14 bits per heavy atom. The summed E-state index contributed by atoms with van der Waals surface area (Å²) in [4.78, 5) is 0. The minimum absolute atomic E-state index is 0.0130. The molecule has 21 heavy (non-hydrogen) atoms. The Bertz CT molecular complexity index is 666. The van der Waals surface area contributed by atoms with Crippen LogP contribution in [0.4, 0.5) is 4.39 Å². The second-order valence-electron chi connectivity index (χ2n) is 4.32. The van der Waals surface area contributed by atoms with E-state index in [1.807, 2.05) is 0 Å². The lowest BCUT2D eigenvalue weighted by atomic mass is 9.98. The van der Waals surface area contributed by atoms with Crippen LogP contribution in [0.1, 0.15) is 17.2 Å². The van der Waals surface area contributed by atoms with Crippen molar-refractivity contribution in [3.8, 4) is 11.5 Å². The molecule has 0 aliphatic rings. The molecule has 0 fully saturated rings. The van der Waals surface area contributed by atoms with Gasteiger partial charge in [-0.2, -0.15) is 0 Å². The van der Waals surface area contributed by atoms with Crippen molar-refractivity contribution in [3.05, 3.63) is 56.8 Å². The molecule has 0 spiro atoms. The maximum Gasteiger partial charge on any atom is 0.142 e. The van der Waals surface area contributed by atoms with Crippen molar-refractivity contribution < 1.29 is 13.9 Å². The fraction of sp³-hybridized carbons (Fsp3) is 0.200. The summed E-state index contributed by atoms with van der Waals surface area (Å²) in [6, 6.07) is 7.46. The number of hydrogen-bond acceptors (Lipinski definition) is 3. The molecule has 2 N–H and O–H groups in total. The van der Waals surface area contributed by atoms with E-state index in [2.05, 4.69) is 15.9 Å². The topological polar surface area (TPSA) is 44.5 Å². The summed E-state index contributed by atoms with van der Waals surface area (Å²) in [7, 11) is 3.09. The van der Waals surface area contributed by atoms with Gasteiger partial charge in [0.15, 0.2) is 0 Å². The van der Waals surface area contributed by atoms with E-state index >= 15 is 0 Å². The van der Waals surface area contributed by atoms with E-state index in [-0.39, 0.29) is 5.02 Å². The first-order chi connectivity index (χ1) is 10.0. The van der Waals surface area contributed by atoms with Gasteiger partial charge in [-0.25, -0.2) is 4.39 Å². The van der Waals surface area contributed by atoms with Crippen LogP contribution in [0, 0.1) is 5.82 Å². The van der Waals surface area contributed by atoms with Gasteiger partial charge < -0.3 is 15.2 Å². The molecular formula is C15H14BrClFNO2. The van der Waals surface area contributed by atoms with Crippen LogP contribution in [-0.2, 0) is 0 Å². The highest BCUT2D eigenvalue weighted by Crippen LogP contribution is 2.41. The molecule has 0 saturated carbocycles. The molecule has 6 heteroatoms. The van der Waals surface area contributed by atoms with E-state index in [0.717, 1.165) is 0 Å². The van der Waals surface area contributed by atoms with Gasteiger partial charge in [0.25, 0.3) is 0 Å². The smallest absolute Gasteiger partial charge is 0.142 e. The van der Waals surface area contributed by atoms with Crippen LogP contribution in [0.2, 0.25) is 5.02 Å². The van der Waals surface area contributed by atoms with Crippen LogP contribution in [0.25, 0.3) is 0 Å². The number of hydrogen-bond donors (Lipinski definition) is 1. The SMILES string of the molecule is COc1ccc(C(N)c2cccc(F)c2Cl)c(OC)c1Br. The zero-order valence-corrected chi connectivity index (χ0v) is 13.8. The summed E-state index contributed by atoms with van der Waals surface area (Å²) in [6.45, 7) is 0. The van der Waals surface area contributed by atoms with Crippen LogP contribution >= 0.6 is 27.5 Å². The van der Waals surface area contributed by atoms with Gasteiger partial charge in [0.1, 0.15) is 21.8 Å². The third-order valence-corrected chi connectivity index (χ3v) is 4.32. The number of rotatable bonds is 4. The monoisotopic (exact) mass is 373 g/mol. The van der Waals surface area contributed by atoms with Crippen molar-refractivity contribution in [2.45, 2.75) is 6.04 Å². The predicted molar refractivity (Wildman–Crippen MR) is 84.7 cm³/mol. The third kappa shape index (κ3) is 3.00. The summed E-state index contributed by atoms with van der Waals surface area (Å²) in [5.41, 5.74) is 7.40. The molecule has 2 aromatic carbocycles. The van der Waals surface area contributed by atoms with Crippen LogP contribution in [0.15, 0.2) is 34.8 Å². The first-order valence-corrected chi connectivity index (χ1v) is 7.28. The van der Waals surface area contributed by atoms with Crippen molar-refractivity contribution >= 4 is 27.5 Å². The number of nitrogens with two attached hydrogens (primary N) is 1. The van der Waals surface area contributed by atoms with E-state index in [1.54, 1.807) is 31.4 Å². The molecule has 0 aliphatic carbocycles. The van der Waals surface area contributed by atoms with Crippen molar-refractivity contribution in [1.82, 2.24) is 0 Å². The number of halogens is 3. The molecule has 2 aromatic rings. The van der Waals surface area contributed by atoms with Crippen molar-refractivity contribution in [1.29, 1.82) is 0 Å². The molecular weight excluding hydrogens is 361 g/mol. The lowest BCUT2D eigenvalue weighted by Gasteiger charge is -2.19. The number of benzene rings is 2. The van der Waals surface area contributed by atoms with Crippen LogP contribution in [0.5, 0.6) is 11.5 Å². The summed E-state index contributed by atoms with van der Waals surface area (Å²) in [5.74, 6) is 0.645. The van der Waals surface area contributed by atoms with E-state index in [1.165, 1.54) is 13.2 Å². The Kier molecular flexibility index (Phi) is 5.08. The Labute approximate surface area is 135 Å². The average molecular weight is 375 g/mol. The quantitative estimate of drug-likeness (QED) is 0.867. The molecule has 0 aromatic heterocycles. The summed E-state index contributed by atoms with van der Waals surface area (Å²) < 4.78 is 24.8. The van der Waals surface area contributed by atoms with Crippen LogP contribution < -0.4 is 15.2 Å². The van der Waals surface area contributed by atoms with Crippen LogP contribution in [0.3, 0.4) is 0 Å². The highest BCUT2D eigenvalue weighted by molar-refractivity contribution is 9.10. The van der Waals surface area contributed by atoms with E-state index in [0.29, 0.717) is 27.1 Å². The second-order valence-corrected chi connectivity index (χ2v) is 5.50. The predicted octanol–water partition coefficient (Wildman–Crippen LogP) is 4.31. The van der Waals surface area contributed by atoms with E-state index < -0.39 is 11.9 Å². The molecule has 1 atom stereocenters. The minimum Gasteiger partial charge on any atom is -0.495 e. The Balaban J connectivity index is 2.56. The van der Waals surface area contributed by atoms with Crippen LogP contribution in [-0.4, -0.2) is 14.2 Å². The molecule has 0 saturated heterocycles. The highest BCUT2D eigenvalue weighted by Gasteiger charge is 2.21. The number of methoxy groups -OCH3 is 2. The van der Waals surface area contributed by atoms with Gasteiger partial charge in [-0.3, -0.25) is 0 Å². The average Bonchev–Trinajstić information content (AvgIpc) is 2.49. The molecule has 112 valence electrons. The molecule has 2 rings (SSSR count). The van der Waals surface area contributed by atoms with Gasteiger partial charge in [-0.15, -0.1) is 0 Å². The van der Waals surface area contributed by atoms with Crippen molar-refractivity contribution in [2.24, 2.45) is 5.73 Å². The Morgan fingerprint density at radius 3 is 2.48 bits per heavy atom. The Morgan fingerprint density at radius 2 is 1.86 bits per heavy atom. The molecule has 0 radical (unpaired) electrons. The largest absolute Gasteiger partial charge is 0.495 e. The zero-order valence-electron chi connectivity index (χ0n) is 11.5. The molecule has 0 bridgehead atoms. The standard InChI is InChI=1S/C15H14BrClFNO2/c1-20-11-7-6-9(15(21-2)12(11)16)14(19)8-4-3-5-10(18)13(8)17/h3-7,14H,19H2,1-2H3. The lowest BCUT2D eigenvalue weighted by Crippen LogP contribution is -2.14. The number of ether oxygens (including phenoxy) is 2. The normalized spacial score (nSPS) is 12.1. The van der Waals surface area contributed by atoms with Gasteiger partial charge in [0.2, 0.25) is 0 Å². The first kappa shape index (κ1) is 16.1. The van der Waals surface area contributed by atoms with Crippen molar-refractivity contribution in [2.75, 3.05) is 14.2 Å². The minimum atomic E-state index is -0.620. The lowest BCUT2D eigenvalue weighted by molar-refractivity contribution is 0.385. The molecule has 0 heterocycles. The molecule has 0 aliphatic heterocycles.